The molecule has 0 radical (unpaired) electrons. The lowest BCUT2D eigenvalue weighted by molar-refractivity contribution is 0.0462. The van der Waals surface area contributed by atoms with E-state index in [1.165, 1.54) is 0 Å². The first-order valence-electron chi connectivity index (χ1n) is 6.01. The van der Waals surface area contributed by atoms with Crippen LogP contribution in [-0.2, 0) is 23.7 Å². The second-order valence-electron chi connectivity index (χ2n) is 3.86. The lowest BCUT2D eigenvalue weighted by atomic mass is 10.4. The molecule has 8 nitrogen and oxygen atoms in total. The highest BCUT2D eigenvalue weighted by molar-refractivity contribution is 5.62. The van der Waals surface area contributed by atoms with E-state index in [2.05, 4.69) is 14.2 Å². The van der Waals surface area contributed by atoms with Crippen molar-refractivity contribution in [1.82, 2.24) is 0 Å². The first kappa shape index (κ1) is 15.5. The van der Waals surface area contributed by atoms with Crippen LogP contribution in [0, 0.1) is 0 Å². The molecule has 0 aliphatic carbocycles. The summed E-state index contributed by atoms with van der Waals surface area (Å²) in [6.07, 6.45) is -0.947. The van der Waals surface area contributed by atoms with Crippen molar-refractivity contribution >= 4 is 12.3 Å². The Morgan fingerprint density at radius 1 is 1.16 bits per heavy atom. The van der Waals surface area contributed by atoms with Crippen LogP contribution < -0.4 is 0 Å². The minimum Gasteiger partial charge on any atom is -0.430 e. The maximum atomic E-state index is 10.4. The lowest BCUT2D eigenvalue weighted by Gasteiger charge is -2.05. The predicted molar refractivity (Wildman–Crippen MR) is 60.6 cm³/mol. The summed E-state index contributed by atoms with van der Waals surface area (Å²) in [5, 5.41) is 8.33. The van der Waals surface area contributed by atoms with Gasteiger partial charge in [-0.25, -0.2) is 9.59 Å². The Balaban J connectivity index is 0.000000200. The number of carbonyl (C=O) groups excluding carboxylic acids is 2. The van der Waals surface area contributed by atoms with Crippen LogP contribution in [0.4, 0.5) is 9.59 Å². The number of hydrogen-bond donors (Lipinski definition) is 1. The average Bonchev–Trinajstić information content (AvgIpc) is 2.99. The highest BCUT2D eigenvalue weighted by Gasteiger charge is 2.24. The molecule has 0 spiro atoms. The zero-order valence-corrected chi connectivity index (χ0v) is 10.7. The van der Waals surface area contributed by atoms with E-state index in [1.807, 2.05) is 6.92 Å². The molecule has 0 amide bonds. The fourth-order valence-corrected chi connectivity index (χ4v) is 1.26. The van der Waals surface area contributed by atoms with Gasteiger partial charge in [-0.15, -0.1) is 0 Å². The van der Waals surface area contributed by atoms with Crippen LogP contribution in [0.5, 0.6) is 0 Å². The molecule has 2 unspecified atom stereocenters. The third-order valence-electron chi connectivity index (χ3n) is 2.16. The molecule has 8 heteroatoms. The van der Waals surface area contributed by atoms with E-state index in [1.54, 1.807) is 0 Å². The fraction of sp³-hybridized carbons (Fsp3) is 0.818. The number of rotatable bonds is 5. The quantitative estimate of drug-likeness (QED) is 0.572. The molecule has 0 saturated carbocycles. The van der Waals surface area contributed by atoms with Crippen molar-refractivity contribution in [2.45, 2.75) is 25.6 Å². The fourth-order valence-electron chi connectivity index (χ4n) is 1.26. The van der Waals surface area contributed by atoms with Crippen molar-refractivity contribution in [3.05, 3.63) is 0 Å². The summed E-state index contributed by atoms with van der Waals surface area (Å²) in [5.74, 6) is 0. The van der Waals surface area contributed by atoms with Crippen LogP contribution in [0.1, 0.15) is 13.3 Å². The van der Waals surface area contributed by atoms with Crippen molar-refractivity contribution < 1.29 is 38.4 Å². The molecule has 0 aromatic heterocycles. The van der Waals surface area contributed by atoms with Gasteiger partial charge < -0.3 is 28.8 Å². The molecule has 0 aromatic rings. The van der Waals surface area contributed by atoms with Crippen LogP contribution in [0.25, 0.3) is 0 Å². The summed E-state index contributed by atoms with van der Waals surface area (Å²) in [4.78, 5) is 20.4. The minimum atomic E-state index is -0.691. The van der Waals surface area contributed by atoms with E-state index in [0.29, 0.717) is 19.8 Å². The SMILES string of the molecule is CCCOCC1COC(=O)O1.O=C1OCC(CO)O1. The minimum absolute atomic E-state index is 0.161. The molecule has 19 heavy (non-hydrogen) atoms. The van der Waals surface area contributed by atoms with Gasteiger partial charge in [-0.1, -0.05) is 6.92 Å². The monoisotopic (exact) mass is 278 g/mol. The number of carbonyl (C=O) groups is 2. The van der Waals surface area contributed by atoms with Gasteiger partial charge in [-0.3, -0.25) is 0 Å². The standard InChI is InChI=1S/C7H12O4.C4H6O4/c1-2-3-9-4-6-5-10-7(8)11-6;5-1-3-2-7-4(6)8-3/h6H,2-5H2,1H3;3,5H,1-2H2. The third-order valence-corrected chi connectivity index (χ3v) is 2.16. The largest absolute Gasteiger partial charge is 0.508 e. The van der Waals surface area contributed by atoms with Crippen LogP contribution in [0.15, 0.2) is 0 Å². The van der Waals surface area contributed by atoms with Crippen molar-refractivity contribution in [1.29, 1.82) is 0 Å². The molecule has 2 heterocycles. The Labute approximate surface area is 110 Å². The lowest BCUT2D eigenvalue weighted by Crippen LogP contribution is -2.18. The average molecular weight is 278 g/mol. The van der Waals surface area contributed by atoms with Gasteiger partial charge in [0.15, 0.2) is 12.2 Å². The molecule has 2 aliphatic heterocycles. The second-order valence-corrected chi connectivity index (χ2v) is 3.86. The van der Waals surface area contributed by atoms with E-state index in [-0.39, 0.29) is 19.3 Å². The van der Waals surface area contributed by atoms with E-state index < -0.39 is 18.4 Å². The first-order chi connectivity index (χ1) is 9.15. The van der Waals surface area contributed by atoms with E-state index in [4.69, 9.17) is 14.6 Å². The van der Waals surface area contributed by atoms with Gasteiger partial charge >= 0.3 is 12.3 Å². The molecule has 0 aromatic carbocycles. The number of aliphatic hydroxyl groups is 1. The first-order valence-corrected chi connectivity index (χ1v) is 6.01. The van der Waals surface area contributed by atoms with Gasteiger partial charge in [0.05, 0.1) is 13.2 Å². The van der Waals surface area contributed by atoms with E-state index in [0.717, 1.165) is 6.42 Å². The Morgan fingerprint density at radius 3 is 2.11 bits per heavy atom. The van der Waals surface area contributed by atoms with Crippen molar-refractivity contribution in [2.75, 3.05) is 33.0 Å². The number of aliphatic hydroxyl groups excluding tert-OH is 1. The van der Waals surface area contributed by atoms with Gasteiger partial charge in [0.1, 0.15) is 13.2 Å². The van der Waals surface area contributed by atoms with Crippen LogP contribution in [0.2, 0.25) is 0 Å². The maximum absolute atomic E-state index is 10.4. The number of cyclic esters (lactones) is 4. The van der Waals surface area contributed by atoms with Gasteiger partial charge in [0.2, 0.25) is 0 Å². The van der Waals surface area contributed by atoms with Crippen LogP contribution in [-0.4, -0.2) is 62.7 Å². The van der Waals surface area contributed by atoms with Gasteiger partial charge in [-0.05, 0) is 6.42 Å². The van der Waals surface area contributed by atoms with Gasteiger partial charge in [0.25, 0.3) is 0 Å². The second kappa shape index (κ2) is 8.54. The molecule has 2 rings (SSSR count). The molecule has 2 atom stereocenters. The molecular formula is C11H18O8. The normalized spacial score (nSPS) is 24.7. The highest BCUT2D eigenvalue weighted by atomic mass is 16.8. The zero-order chi connectivity index (χ0) is 14.1. The summed E-state index contributed by atoms with van der Waals surface area (Å²) < 4.78 is 23.2. The molecule has 110 valence electrons. The molecular weight excluding hydrogens is 260 g/mol. The summed E-state index contributed by atoms with van der Waals surface area (Å²) in [6.45, 7) is 3.51. The van der Waals surface area contributed by atoms with Crippen molar-refractivity contribution in [3.63, 3.8) is 0 Å². The molecule has 1 N–H and O–H groups in total. The van der Waals surface area contributed by atoms with Gasteiger partial charge in [0, 0.05) is 6.61 Å². The topological polar surface area (TPSA) is 101 Å². The van der Waals surface area contributed by atoms with Gasteiger partial charge in [-0.2, -0.15) is 0 Å². The van der Waals surface area contributed by atoms with Crippen LogP contribution in [0.3, 0.4) is 0 Å². The Hall–Kier alpha value is -1.54. The van der Waals surface area contributed by atoms with E-state index >= 15 is 0 Å². The summed E-state index contributed by atoms with van der Waals surface area (Å²) in [5.41, 5.74) is 0. The Bertz CT molecular complexity index is 292. The van der Waals surface area contributed by atoms with E-state index in [9.17, 15) is 9.59 Å². The molecule has 2 fully saturated rings. The van der Waals surface area contributed by atoms with Crippen molar-refractivity contribution in [2.24, 2.45) is 0 Å². The summed E-state index contributed by atoms with van der Waals surface area (Å²) in [6, 6.07) is 0. The third kappa shape index (κ3) is 6.25. The molecule has 2 aliphatic rings. The highest BCUT2D eigenvalue weighted by Crippen LogP contribution is 2.06. The summed E-state index contributed by atoms with van der Waals surface area (Å²) in [7, 11) is 0. The Morgan fingerprint density at radius 2 is 1.74 bits per heavy atom. The number of ether oxygens (including phenoxy) is 5. The number of hydrogen-bond acceptors (Lipinski definition) is 8. The smallest absolute Gasteiger partial charge is 0.430 e. The Kier molecular flexibility index (Phi) is 6.98. The maximum Gasteiger partial charge on any atom is 0.508 e. The predicted octanol–water partition coefficient (Wildman–Crippen LogP) is 0.463. The zero-order valence-electron chi connectivity index (χ0n) is 10.7. The molecule has 2 saturated heterocycles. The van der Waals surface area contributed by atoms with Crippen molar-refractivity contribution in [3.8, 4) is 0 Å². The summed E-state index contributed by atoms with van der Waals surface area (Å²) >= 11 is 0. The van der Waals surface area contributed by atoms with Crippen LogP contribution >= 0.6 is 0 Å². The molecule has 0 bridgehead atoms.